The van der Waals surface area contributed by atoms with Gasteiger partial charge < -0.3 is 14.2 Å². The summed E-state index contributed by atoms with van der Waals surface area (Å²) in [6.45, 7) is 0.559. The van der Waals surface area contributed by atoms with Crippen molar-refractivity contribution in [3.8, 4) is 11.5 Å². The van der Waals surface area contributed by atoms with Crippen LogP contribution in [0.15, 0.2) is 18.2 Å². The summed E-state index contributed by atoms with van der Waals surface area (Å²) < 4.78 is 15.4. The first-order chi connectivity index (χ1) is 9.69. The van der Waals surface area contributed by atoms with Crippen LogP contribution in [0.1, 0.15) is 18.4 Å². The van der Waals surface area contributed by atoms with E-state index in [1.54, 1.807) is 14.2 Å². The predicted molar refractivity (Wildman–Crippen MR) is 74.9 cm³/mol. The first-order valence-corrected chi connectivity index (χ1v) is 6.71. The lowest BCUT2D eigenvalue weighted by Gasteiger charge is -2.17. The molecular weight excluding hydrogens is 258 g/mol. The standard InChI is InChI=1S/C15H21NO4/c1-18-12-7-6-11(13(8-12)19-2)9-16-14(10-4-5-10)15(17)20-3/h6-8,10,14,16H,4-5,9H2,1-3H3. The minimum Gasteiger partial charge on any atom is -0.497 e. The molecule has 110 valence electrons. The molecule has 0 radical (unpaired) electrons. The monoisotopic (exact) mass is 279 g/mol. The van der Waals surface area contributed by atoms with Gasteiger partial charge in [0.15, 0.2) is 0 Å². The summed E-state index contributed by atoms with van der Waals surface area (Å²) >= 11 is 0. The van der Waals surface area contributed by atoms with Gasteiger partial charge in [-0.15, -0.1) is 0 Å². The van der Waals surface area contributed by atoms with Crippen LogP contribution in [0.2, 0.25) is 0 Å². The molecule has 1 aliphatic rings. The van der Waals surface area contributed by atoms with E-state index in [-0.39, 0.29) is 12.0 Å². The molecule has 1 saturated carbocycles. The zero-order valence-electron chi connectivity index (χ0n) is 12.1. The highest BCUT2D eigenvalue weighted by molar-refractivity contribution is 5.76. The van der Waals surface area contributed by atoms with Crippen molar-refractivity contribution in [3.05, 3.63) is 23.8 Å². The van der Waals surface area contributed by atoms with Crippen molar-refractivity contribution in [1.82, 2.24) is 5.32 Å². The SMILES string of the molecule is COC(=O)C(NCc1ccc(OC)cc1OC)C1CC1. The zero-order valence-corrected chi connectivity index (χ0v) is 12.1. The predicted octanol–water partition coefficient (Wildman–Crippen LogP) is 1.74. The Balaban J connectivity index is 2.03. The Labute approximate surface area is 119 Å². The van der Waals surface area contributed by atoms with Gasteiger partial charge in [0.1, 0.15) is 17.5 Å². The van der Waals surface area contributed by atoms with Crippen molar-refractivity contribution in [1.29, 1.82) is 0 Å². The van der Waals surface area contributed by atoms with Crippen LogP contribution in [-0.2, 0) is 16.1 Å². The van der Waals surface area contributed by atoms with Crippen molar-refractivity contribution in [2.45, 2.75) is 25.4 Å². The Morgan fingerprint density at radius 2 is 2.05 bits per heavy atom. The lowest BCUT2D eigenvalue weighted by Crippen LogP contribution is -2.39. The van der Waals surface area contributed by atoms with E-state index in [1.165, 1.54) is 7.11 Å². The second kappa shape index (κ2) is 6.61. The van der Waals surface area contributed by atoms with Crippen molar-refractivity contribution >= 4 is 5.97 Å². The molecule has 1 atom stereocenters. The lowest BCUT2D eigenvalue weighted by atomic mass is 10.1. The van der Waals surface area contributed by atoms with Crippen LogP contribution in [0.5, 0.6) is 11.5 Å². The van der Waals surface area contributed by atoms with Crippen LogP contribution in [0.25, 0.3) is 0 Å². The molecule has 1 aromatic carbocycles. The third kappa shape index (κ3) is 3.42. The van der Waals surface area contributed by atoms with Crippen LogP contribution >= 0.6 is 0 Å². The Morgan fingerprint density at radius 3 is 2.60 bits per heavy atom. The van der Waals surface area contributed by atoms with Gasteiger partial charge >= 0.3 is 5.97 Å². The van der Waals surface area contributed by atoms with E-state index >= 15 is 0 Å². The Bertz CT molecular complexity index is 471. The van der Waals surface area contributed by atoms with E-state index < -0.39 is 0 Å². The summed E-state index contributed by atoms with van der Waals surface area (Å²) in [6.07, 6.45) is 2.15. The maximum atomic E-state index is 11.7. The van der Waals surface area contributed by atoms with Crippen LogP contribution in [0.4, 0.5) is 0 Å². The summed E-state index contributed by atoms with van der Waals surface area (Å²) in [7, 11) is 4.66. The summed E-state index contributed by atoms with van der Waals surface area (Å²) in [5.41, 5.74) is 0.989. The van der Waals surface area contributed by atoms with Crippen LogP contribution in [0.3, 0.4) is 0 Å². The number of nitrogens with one attached hydrogen (secondary N) is 1. The van der Waals surface area contributed by atoms with Gasteiger partial charge in [-0.3, -0.25) is 10.1 Å². The summed E-state index contributed by atoms with van der Waals surface area (Å²) in [5.74, 6) is 1.69. The largest absolute Gasteiger partial charge is 0.497 e. The molecular formula is C15H21NO4. The van der Waals surface area contributed by atoms with Crippen LogP contribution in [-0.4, -0.2) is 33.3 Å². The minimum atomic E-state index is -0.230. The van der Waals surface area contributed by atoms with Gasteiger partial charge in [0, 0.05) is 18.2 Å². The number of rotatable bonds is 7. The number of carbonyl (C=O) groups excluding carboxylic acids is 1. The average molecular weight is 279 g/mol. The highest BCUT2D eigenvalue weighted by atomic mass is 16.5. The van der Waals surface area contributed by atoms with Gasteiger partial charge in [-0.25, -0.2) is 0 Å². The van der Waals surface area contributed by atoms with E-state index in [4.69, 9.17) is 14.2 Å². The molecule has 1 fully saturated rings. The molecule has 0 heterocycles. The van der Waals surface area contributed by atoms with E-state index in [9.17, 15) is 4.79 Å². The van der Waals surface area contributed by atoms with E-state index in [2.05, 4.69) is 5.32 Å². The van der Waals surface area contributed by atoms with Crippen molar-refractivity contribution in [3.63, 3.8) is 0 Å². The molecule has 20 heavy (non-hydrogen) atoms. The van der Waals surface area contributed by atoms with Crippen molar-refractivity contribution < 1.29 is 19.0 Å². The first-order valence-electron chi connectivity index (χ1n) is 6.71. The molecule has 1 aromatic rings. The number of carbonyl (C=O) groups is 1. The molecule has 5 nitrogen and oxygen atoms in total. The maximum absolute atomic E-state index is 11.7. The number of hydrogen-bond donors (Lipinski definition) is 1. The van der Waals surface area contributed by atoms with Crippen LogP contribution in [0, 0.1) is 5.92 Å². The van der Waals surface area contributed by atoms with Gasteiger partial charge in [-0.1, -0.05) is 6.07 Å². The number of esters is 1. The Kier molecular flexibility index (Phi) is 4.84. The van der Waals surface area contributed by atoms with Gasteiger partial charge in [0.05, 0.1) is 21.3 Å². The maximum Gasteiger partial charge on any atom is 0.323 e. The van der Waals surface area contributed by atoms with Gasteiger partial charge in [0.2, 0.25) is 0 Å². The molecule has 2 rings (SSSR count). The minimum absolute atomic E-state index is 0.194. The summed E-state index contributed by atoms with van der Waals surface area (Å²) in [5, 5.41) is 3.27. The average Bonchev–Trinajstić information content (AvgIpc) is 3.31. The quantitative estimate of drug-likeness (QED) is 0.771. The fraction of sp³-hybridized carbons (Fsp3) is 0.533. The molecule has 5 heteroatoms. The molecule has 0 bridgehead atoms. The van der Waals surface area contributed by atoms with Gasteiger partial charge in [0.25, 0.3) is 0 Å². The van der Waals surface area contributed by atoms with E-state index in [0.29, 0.717) is 12.5 Å². The molecule has 1 aliphatic carbocycles. The van der Waals surface area contributed by atoms with Crippen LogP contribution < -0.4 is 14.8 Å². The number of ether oxygens (including phenoxy) is 3. The van der Waals surface area contributed by atoms with Gasteiger partial charge in [-0.2, -0.15) is 0 Å². The third-order valence-electron chi connectivity index (χ3n) is 3.56. The van der Waals surface area contributed by atoms with Gasteiger partial charge in [-0.05, 0) is 24.8 Å². The zero-order chi connectivity index (χ0) is 14.5. The molecule has 0 amide bonds. The molecule has 1 unspecified atom stereocenters. The van der Waals surface area contributed by atoms with E-state index in [1.807, 2.05) is 18.2 Å². The summed E-state index contributed by atoms with van der Waals surface area (Å²) in [4.78, 5) is 11.7. The Hall–Kier alpha value is -1.75. The summed E-state index contributed by atoms with van der Waals surface area (Å²) in [6, 6.07) is 5.42. The normalized spacial score (nSPS) is 15.6. The molecule has 0 aromatic heterocycles. The number of benzene rings is 1. The van der Waals surface area contributed by atoms with Crippen molar-refractivity contribution in [2.75, 3.05) is 21.3 Å². The number of methoxy groups -OCH3 is 3. The highest BCUT2D eigenvalue weighted by Gasteiger charge is 2.36. The fourth-order valence-corrected chi connectivity index (χ4v) is 2.22. The second-order valence-corrected chi connectivity index (χ2v) is 4.90. The van der Waals surface area contributed by atoms with Crippen molar-refractivity contribution in [2.24, 2.45) is 5.92 Å². The molecule has 0 saturated heterocycles. The topological polar surface area (TPSA) is 56.8 Å². The first kappa shape index (κ1) is 14.7. The lowest BCUT2D eigenvalue weighted by molar-refractivity contribution is -0.143. The second-order valence-electron chi connectivity index (χ2n) is 4.90. The highest BCUT2D eigenvalue weighted by Crippen LogP contribution is 2.33. The fourth-order valence-electron chi connectivity index (χ4n) is 2.22. The molecule has 1 N–H and O–H groups in total. The Morgan fingerprint density at radius 1 is 1.30 bits per heavy atom. The molecule has 0 aliphatic heterocycles. The number of hydrogen-bond acceptors (Lipinski definition) is 5. The smallest absolute Gasteiger partial charge is 0.323 e. The third-order valence-corrected chi connectivity index (χ3v) is 3.56. The molecule has 0 spiro atoms. The van der Waals surface area contributed by atoms with E-state index in [0.717, 1.165) is 29.9 Å².